The molecule has 0 bridgehead atoms. The molecule has 0 unspecified atom stereocenters. The highest BCUT2D eigenvalue weighted by molar-refractivity contribution is 7.14. The smallest absolute Gasteiger partial charge is 0.341 e. The summed E-state index contributed by atoms with van der Waals surface area (Å²) in [6.07, 6.45) is 3.20. The molecule has 2 N–H and O–H groups in total. The summed E-state index contributed by atoms with van der Waals surface area (Å²) in [4.78, 5) is 20.3. The van der Waals surface area contributed by atoms with Gasteiger partial charge < -0.3 is 10.5 Å². The minimum atomic E-state index is -0.420. The predicted octanol–water partition coefficient (Wildman–Crippen LogP) is 2.27. The molecule has 0 atom stereocenters. The van der Waals surface area contributed by atoms with E-state index in [0.717, 1.165) is 5.69 Å². The first kappa shape index (κ1) is 12.5. The van der Waals surface area contributed by atoms with Crippen LogP contribution in [0.3, 0.4) is 0 Å². The van der Waals surface area contributed by atoms with Crippen LogP contribution in [-0.2, 0) is 4.74 Å². The molecule has 0 saturated heterocycles. The number of hydrogen-bond donors (Lipinski definition) is 1. The zero-order valence-corrected chi connectivity index (χ0v) is 11.0. The predicted molar refractivity (Wildman–Crippen MR) is 70.5 cm³/mol. The quantitative estimate of drug-likeness (QED) is 0.859. The van der Waals surface area contributed by atoms with Crippen LogP contribution in [0.2, 0.25) is 0 Å². The van der Waals surface area contributed by atoms with Crippen LogP contribution in [0.1, 0.15) is 23.0 Å². The highest BCUT2D eigenvalue weighted by atomic mass is 32.1. The summed E-state index contributed by atoms with van der Waals surface area (Å²) in [5.41, 5.74) is 8.30. The average molecular weight is 263 g/mol. The molecule has 2 rings (SSSR count). The molecule has 0 saturated carbocycles. The van der Waals surface area contributed by atoms with Crippen molar-refractivity contribution in [1.29, 1.82) is 0 Å². The van der Waals surface area contributed by atoms with Gasteiger partial charge in [-0.15, -0.1) is 11.3 Å². The van der Waals surface area contributed by atoms with Gasteiger partial charge in [-0.3, -0.25) is 9.97 Å². The summed E-state index contributed by atoms with van der Waals surface area (Å²) in [7, 11) is 0. The van der Waals surface area contributed by atoms with E-state index in [1.54, 1.807) is 24.7 Å². The summed E-state index contributed by atoms with van der Waals surface area (Å²) >= 11 is 1.30. The Morgan fingerprint density at radius 3 is 2.83 bits per heavy atom. The van der Waals surface area contributed by atoms with E-state index in [2.05, 4.69) is 9.97 Å². The van der Waals surface area contributed by atoms with Gasteiger partial charge in [0.15, 0.2) is 0 Å². The van der Waals surface area contributed by atoms with Crippen LogP contribution >= 0.6 is 11.3 Å². The number of thiophene rings is 1. The van der Waals surface area contributed by atoms with Crippen molar-refractivity contribution < 1.29 is 9.53 Å². The monoisotopic (exact) mass is 263 g/mol. The molecule has 0 amide bonds. The first-order valence-electron chi connectivity index (χ1n) is 5.47. The minimum Gasteiger partial charge on any atom is -0.462 e. The summed E-state index contributed by atoms with van der Waals surface area (Å²) in [6.45, 7) is 3.91. The highest BCUT2D eigenvalue weighted by Gasteiger charge is 2.21. The van der Waals surface area contributed by atoms with Crippen molar-refractivity contribution in [3.63, 3.8) is 0 Å². The number of ether oxygens (including phenoxy) is 1. The maximum absolute atomic E-state index is 11.9. The molecule has 0 fully saturated rings. The van der Waals surface area contributed by atoms with Crippen LogP contribution < -0.4 is 5.73 Å². The summed E-state index contributed by atoms with van der Waals surface area (Å²) in [6, 6.07) is 0. The summed E-state index contributed by atoms with van der Waals surface area (Å²) in [5.74, 6) is -0.420. The fourth-order valence-electron chi connectivity index (χ4n) is 1.63. The number of nitrogen functional groups attached to an aromatic ring is 1. The van der Waals surface area contributed by atoms with Gasteiger partial charge in [0, 0.05) is 23.3 Å². The van der Waals surface area contributed by atoms with Gasteiger partial charge in [0.2, 0.25) is 0 Å². The van der Waals surface area contributed by atoms with Crippen LogP contribution in [0.25, 0.3) is 11.3 Å². The Kier molecular flexibility index (Phi) is 3.57. The first-order chi connectivity index (χ1) is 8.65. The zero-order valence-electron chi connectivity index (χ0n) is 10.1. The van der Waals surface area contributed by atoms with Gasteiger partial charge in [-0.2, -0.15) is 0 Å². The summed E-state index contributed by atoms with van der Waals surface area (Å²) in [5, 5.41) is 2.24. The number of nitrogens with zero attached hydrogens (tertiary/aromatic N) is 2. The van der Waals surface area contributed by atoms with Crippen molar-refractivity contribution in [3.05, 3.63) is 29.0 Å². The normalized spacial score (nSPS) is 10.3. The molecule has 0 aliphatic rings. The second kappa shape index (κ2) is 5.14. The fourth-order valence-corrected chi connectivity index (χ4v) is 2.42. The van der Waals surface area contributed by atoms with Gasteiger partial charge in [0.1, 0.15) is 10.6 Å². The molecule has 0 aliphatic carbocycles. The van der Waals surface area contributed by atoms with Gasteiger partial charge in [-0.25, -0.2) is 4.79 Å². The number of hydrogen-bond acceptors (Lipinski definition) is 6. The van der Waals surface area contributed by atoms with E-state index in [4.69, 9.17) is 10.5 Å². The lowest BCUT2D eigenvalue weighted by Crippen LogP contribution is -2.08. The van der Waals surface area contributed by atoms with Crippen molar-refractivity contribution in [2.24, 2.45) is 0 Å². The third-order valence-corrected chi connectivity index (χ3v) is 3.25. The molecule has 2 aromatic rings. The Balaban J connectivity index is 2.53. The van der Waals surface area contributed by atoms with Crippen LogP contribution in [0.15, 0.2) is 17.8 Å². The van der Waals surface area contributed by atoms with E-state index in [0.29, 0.717) is 28.4 Å². The third kappa shape index (κ3) is 2.19. The molecule has 18 heavy (non-hydrogen) atoms. The van der Waals surface area contributed by atoms with Crippen molar-refractivity contribution in [2.75, 3.05) is 12.3 Å². The van der Waals surface area contributed by atoms with E-state index >= 15 is 0 Å². The molecule has 0 spiro atoms. The van der Waals surface area contributed by atoms with E-state index < -0.39 is 5.97 Å². The number of aryl methyl sites for hydroxylation is 1. The molecule has 0 aromatic carbocycles. The summed E-state index contributed by atoms with van der Waals surface area (Å²) < 4.78 is 5.01. The van der Waals surface area contributed by atoms with Gasteiger partial charge >= 0.3 is 5.97 Å². The molecule has 5 nitrogen and oxygen atoms in total. The van der Waals surface area contributed by atoms with E-state index in [-0.39, 0.29) is 0 Å². The standard InChI is InChI=1S/C12H13N3O2S/c1-3-17-12(16)9-8(6-18-11(9)13)10-7(2)14-4-5-15-10/h4-6H,3,13H2,1-2H3. The Bertz CT molecular complexity index is 580. The molecule has 6 heteroatoms. The van der Waals surface area contributed by atoms with Crippen molar-refractivity contribution in [2.45, 2.75) is 13.8 Å². The molecular weight excluding hydrogens is 250 g/mol. The first-order valence-corrected chi connectivity index (χ1v) is 6.35. The number of rotatable bonds is 3. The van der Waals surface area contributed by atoms with Crippen LogP contribution in [0.4, 0.5) is 5.00 Å². The van der Waals surface area contributed by atoms with Crippen molar-refractivity contribution >= 4 is 22.3 Å². The molecule has 94 valence electrons. The largest absolute Gasteiger partial charge is 0.462 e. The zero-order chi connectivity index (χ0) is 13.1. The second-order valence-electron chi connectivity index (χ2n) is 3.60. The second-order valence-corrected chi connectivity index (χ2v) is 4.51. The maximum atomic E-state index is 11.9. The Hall–Kier alpha value is -1.95. The van der Waals surface area contributed by atoms with Crippen LogP contribution in [0.5, 0.6) is 0 Å². The van der Waals surface area contributed by atoms with Gasteiger partial charge in [0.05, 0.1) is 18.0 Å². The molecule has 2 aromatic heterocycles. The maximum Gasteiger partial charge on any atom is 0.341 e. The lowest BCUT2D eigenvalue weighted by Gasteiger charge is -2.06. The molecular formula is C12H13N3O2S. The minimum absolute atomic E-state index is 0.313. The lowest BCUT2D eigenvalue weighted by atomic mass is 10.1. The van der Waals surface area contributed by atoms with E-state index in [9.17, 15) is 4.79 Å². The van der Waals surface area contributed by atoms with Gasteiger partial charge in [0.25, 0.3) is 0 Å². The van der Waals surface area contributed by atoms with Gasteiger partial charge in [-0.05, 0) is 13.8 Å². The number of carbonyl (C=O) groups is 1. The lowest BCUT2D eigenvalue weighted by molar-refractivity contribution is 0.0529. The number of anilines is 1. The van der Waals surface area contributed by atoms with E-state index in [1.807, 2.05) is 6.92 Å². The number of esters is 1. The topological polar surface area (TPSA) is 78.1 Å². The Morgan fingerprint density at radius 2 is 2.17 bits per heavy atom. The van der Waals surface area contributed by atoms with Crippen molar-refractivity contribution in [1.82, 2.24) is 9.97 Å². The van der Waals surface area contributed by atoms with Gasteiger partial charge in [-0.1, -0.05) is 0 Å². The molecule has 0 aliphatic heterocycles. The molecule has 0 radical (unpaired) electrons. The van der Waals surface area contributed by atoms with Crippen LogP contribution in [0, 0.1) is 6.92 Å². The Labute approximate surface area is 109 Å². The number of nitrogens with two attached hydrogens (primary N) is 1. The van der Waals surface area contributed by atoms with Crippen LogP contribution in [-0.4, -0.2) is 22.5 Å². The average Bonchev–Trinajstić information content (AvgIpc) is 2.72. The Morgan fingerprint density at radius 1 is 1.44 bits per heavy atom. The van der Waals surface area contributed by atoms with E-state index in [1.165, 1.54) is 11.3 Å². The third-order valence-electron chi connectivity index (χ3n) is 2.44. The van der Waals surface area contributed by atoms with Crippen molar-refractivity contribution in [3.8, 4) is 11.3 Å². The highest BCUT2D eigenvalue weighted by Crippen LogP contribution is 2.33. The fraction of sp³-hybridized carbons (Fsp3) is 0.250. The number of carbonyl (C=O) groups excluding carboxylic acids is 1. The SMILES string of the molecule is CCOC(=O)c1c(-c2nccnc2C)csc1N. The number of aromatic nitrogens is 2. The molecule has 2 heterocycles.